The van der Waals surface area contributed by atoms with Gasteiger partial charge in [-0.25, -0.2) is 0 Å². The topological polar surface area (TPSA) is 118 Å². The molecule has 2 amide bonds. The number of carbonyl (C=O) groups is 2. The summed E-state index contributed by atoms with van der Waals surface area (Å²) >= 11 is 0. The van der Waals surface area contributed by atoms with Crippen LogP contribution in [0.4, 0.5) is 45.2 Å². The monoisotopic (exact) mass is 662 g/mol. The minimum atomic E-state index is -5.27. The van der Waals surface area contributed by atoms with Gasteiger partial charge in [-0.2, -0.15) is 49.9 Å². The maximum Gasteiger partial charge on any atom is 0.471 e. The Bertz CT molecular complexity index is 1750. The summed E-state index contributed by atoms with van der Waals surface area (Å²) in [6, 6.07) is 8.18. The highest BCUT2D eigenvalue weighted by atomic mass is 19.4. The van der Waals surface area contributed by atoms with Crippen LogP contribution in [0, 0.1) is 11.3 Å². The molecule has 2 heterocycles. The Kier molecular flexibility index (Phi) is 9.85. The number of rotatable bonds is 11. The van der Waals surface area contributed by atoms with Crippen molar-refractivity contribution in [2.24, 2.45) is 0 Å². The molecule has 2 aromatic heterocycles. The van der Waals surface area contributed by atoms with Gasteiger partial charge in [-0.05, 0) is 49.2 Å². The van der Waals surface area contributed by atoms with Crippen LogP contribution in [0.5, 0.6) is 0 Å². The molecular weight excluding hydrogens is 639 g/mol. The number of hydrogen-bond donors (Lipinski definition) is 2. The zero-order chi connectivity index (χ0) is 33.9. The first-order chi connectivity index (χ1) is 21.5. The summed E-state index contributed by atoms with van der Waals surface area (Å²) in [7, 11) is 0. The molecule has 2 aromatic carbocycles. The van der Waals surface area contributed by atoms with Gasteiger partial charge in [0, 0.05) is 41.7 Å². The molecule has 0 atom stereocenters. The summed E-state index contributed by atoms with van der Waals surface area (Å²) in [4.78, 5) is 27.9. The minimum absolute atomic E-state index is 0.0364. The number of alkyl halides is 9. The molecule has 0 saturated heterocycles. The number of hydrogen-bond acceptors (Lipinski definition) is 5. The highest BCUT2D eigenvalue weighted by Crippen LogP contribution is 2.33. The average Bonchev–Trinajstić information content (AvgIpc) is 3.61. The van der Waals surface area contributed by atoms with Gasteiger partial charge in [0.25, 0.3) is 0 Å². The third-order valence-electron chi connectivity index (χ3n) is 6.77. The molecule has 0 radical (unpaired) electrons. The van der Waals surface area contributed by atoms with Crippen LogP contribution in [-0.2, 0) is 27.0 Å². The number of nitrogens with one attached hydrogen (secondary N) is 2. The molecule has 0 spiro atoms. The Morgan fingerprint density at radius 3 is 2.24 bits per heavy atom. The molecule has 0 fully saturated rings. The molecule has 0 aliphatic rings. The van der Waals surface area contributed by atoms with Crippen LogP contribution in [0.1, 0.15) is 29.7 Å². The Balaban J connectivity index is 1.36. The molecule has 0 aliphatic heterocycles. The number of amides is 2. The molecule has 246 valence electrons. The molecule has 9 nitrogen and oxygen atoms in total. The number of unbranched alkanes of at least 4 members (excludes halogenated alkanes) is 1. The quantitative estimate of drug-likeness (QED) is 0.146. The third kappa shape index (κ3) is 8.07. The Labute approximate surface area is 253 Å². The van der Waals surface area contributed by atoms with E-state index in [0.717, 1.165) is 24.3 Å². The van der Waals surface area contributed by atoms with Crippen molar-refractivity contribution in [2.75, 3.05) is 31.2 Å². The summed E-state index contributed by atoms with van der Waals surface area (Å²) in [5.74, 6) is -4.39. The predicted molar refractivity (Wildman–Crippen MR) is 144 cm³/mol. The summed E-state index contributed by atoms with van der Waals surface area (Å²) in [5.41, 5.74) is -0.728. The Hall–Kier alpha value is -4.79. The van der Waals surface area contributed by atoms with Crippen LogP contribution in [0.25, 0.3) is 21.8 Å². The first kappa shape index (κ1) is 34.1. The summed E-state index contributed by atoms with van der Waals surface area (Å²) < 4.78 is 124. The second-order valence-corrected chi connectivity index (χ2v) is 10.0. The number of benzene rings is 2. The van der Waals surface area contributed by atoms with Crippen molar-refractivity contribution in [3.8, 4) is 6.07 Å². The van der Waals surface area contributed by atoms with E-state index in [9.17, 15) is 54.4 Å². The van der Waals surface area contributed by atoms with E-state index < -0.39 is 62.1 Å². The van der Waals surface area contributed by atoms with E-state index in [4.69, 9.17) is 4.74 Å². The van der Waals surface area contributed by atoms with E-state index in [-0.39, 0.29) is 58.2 Å². The zero-order valence-corrected chi connectivity index (χ0v) is 23.4. The van der Waals surface area contributed by atoms with Gasteiger partial charge in [-0.1, -0.05) is 0 Å². The van der Waals surface area contributed by atoms with Crippen molar-refractivity contribution in [1.29, 1.82) is 5.26 Å². The number of aromatic amines is 2. The van der Waals surface area contributed by atoms with Crippen molar-refractivity contribution >= 4 is 39.3 Å². The molecule has 18 heteroatoms. The number of carbonyl (C=O) groups excluding carboxylic acids is 2. The third-order valence-corrected chi connectivity index (χ3v) is 6.77. The molecule has 0 unspecified atom stereocenters. The molecule has 4 rings (SSSR count). The molecule has 0 aliphatic carbocycles. The number of fused-ring (bicyclic) bond motifs is 2. The second-order valence-electron chi connectivity index (χ2n) is 10.0. The Morgan fingerprint density at radius 1 is 0.870 bits per heavy atom. The van der Waals surface area contributed by atoms with E-state index >= 15 is 0 Å². The van der Waals surface area contributed by atoms with Crippen LogP contribution < -0.4 is 4.90 Å². The number of aromatic nitrogens is 3. The van der Waals surface area contributed by atoms with Crippen LogP contribution in [0.2, 0.25) is 0 Å². The maximum atomic E-state index is 13.4. The largest absolute Gasteiger partial charge is 0.471 e. The van der Waals surface area contributed by atoms with E-state index in [1.54, 1.807) is 6.07 Å². The lowest BCUT2D eigenvalue weighted by Gasteiger charge is -2.25. The van der Waals surface area contributed by atoms with Crippen molar-refractivity contribution in [3.05, 3.63) is 59.4 Å². The van der Waals surface area contributed by atoms with Gasteiger partial charge < -0.3 is 19.5 Å². The fourth-order valence-corrected chi connectivity index (χ4v) is 4.66. The predicted octanol–water partition coefficient (Wildman–Crippen LogP) is 6.22. The number of ether oxygens (including phenoxy) is 1. The highest BCUT2D eigenvalue weighted by molar-refractivity contribution is 6.05. The minimum Gasteiger partial charge on any atom is -0.380 e. The van der Waals surface area contributed by atoms with E-state index in [0.29, 0.717) is 9.80 Å². The lowest BCUT2D eigenvalue weighted by molar-refractivity contribution is -0.186. The average molecular weight is 663 g/mol. The van der Waals surface area contributed by atoms with Crippen LogP contribution in [-0.4, -0.2) is 70.6 Å². The molecule has 2 N–H and O–H groups in total. The van der Waals surface area contributed by atoms with Crippen molar-refractivity contribution in [2.45, 2.75) is 37.9 Å². The number of nitriles is 1. The van der Waals surface area contributed by atoms with Gasteiger partial charge in [0.05, 0.1) is 47.7 Å². The van der Waals surface area contributed by atoms with Gasteiger partial charge in [-0.15, -0.1) is 0 Å². The zero-order valence-electron chi connectivity index (χ0n) is 23.4. The van der Waals surface area contributed by atoms with Crippen molar-refractivity contribution in [3.63, 3.8) is 0 Å². The van der Waals surface area contributed by atoms with Crippen LogP contribution in [0.15, 0.2) is 42.6 Å². The SMILES string of the molecule is N#Cc1cc(N(CCOCCCCN(Cc2cc3cc(C(F)(F)F)ccc3[nH]2)C(=O)C(F)(F)F)C(=O)C(F)(F)F)c2cn[nH]c2c1. The number of halogens is 9. The molecule has 0 bridgehead atoms. The molecule has 4 aromatic rings. The lowest BCUT2D eigenvalue weighted by atomic mass is 10.1. The fraction of sp³-hybridized carbons (Fsp3) is 0.357. The van der Waals surface area contributed by atoms with E-state index in [1.165, 1.54) is 18.3 Å². The first-order valence-corrected chi connectivity index (χ1v) is 13.4. The van der Waals surface area contributed by atoms with Gasteiger partial charge in [0.1, 0.15) is 0 Å². The normalized spacial score (nSPS) is 12.4. The molecule has 46 heavy (non-hydrogen) atoms. The fourth-order valence-electron chi connectivity index (χ4n) is 4.66. The van der Waals surface area contributed by atoms with Gasteiger partial charge >= 0.3 is 30.3 Å². The van der Waals surface area contributed by atoms with Crippen molar-refractivity contribution in [1.82, 2.24) is 20.1 Å². The van der Waals surface area contributed by atoms with Gasteiger partial charge in [0.15, 0.2) is 0 Å². The summed E-state index contributed by atoms with van der Waals surface area (Å²) in [5, 5.41) is 15.7. The second kappa shape index (κ2) is 13.3. The summed E-state index contributed by atoms with van der Waals surface area (Å²) in [6.07, 6.45) is -13.9. The standard InChI is InChI=1S/C28H23F9N6O3/c29-26(30,31)18-3-4-21-17(11-18)12-19(40-21)15-42(24(44)27(32,33)34)5-1-2-7-46-8-6-43(25(45)28(35,36)37)23-10-16(13-38)9-22-20(23)14-39-41-22/h3-4,9-12,14,40H,1-2,5-8,15H2,(H,39,41). The van der Waals surface area contributed by atoms with Gasteiger partial charge in [-0.3, -0.25) is 14.7 Å². The Morgan fingerprint density at radius 2 is 1.59 bits per heavy atom. The first-order valence-electron chi connectivity index (χ1n) is 13.4. The van der Waals surface area contributed by atoms with Crippen LogP contribution >= 0.6 is 0 Å². The number of H-pyrrole nitrogens is 2. The maximum absolute atomic E-state index is 13.4. The summed E-state index contributed by atoms with van der Waals surface area (Å²) in [6.45, 7) is -2.19. The number of anilines is 1. The lowest BCUT2D eigenvalue weighted by Crippen LogP contribution is -2.43. The van der Waals surface area contributed by atoms with E-state index in [1.807, 2.05) is 0 Å². The number of nitrogens with zero attached hydrogens (tertiary/aromatic N) is 4. The molecule has 0 saturated carbocycles. The smallest absolute Gasteiger partial charge is 0.380 e. The van der Waals surface area contributed by atoms with Crippen molar-refractivity contribution < 1.29 is 53.8 Å². The van der Waals surface area contributed by atoms with Crippen LogP contribution in [0.3, 0.4) is 0 Å². The van der Waals surface area contributed by atoms with E-state index in [2.05, 4.69) is 15.2 Å². The van der Waals surface area contributed by atoms with Gasteiger partial charge in [0.2, 0.25) is 0 Å². The molecular formula is C28H23F9N6O3. The highest BCUT2D eigenvalue weighted by Gasteiger charge is 2.44.